The van der Waals surface area contributed by atoms with Gasteiger partial charge in [-0.1, -0.05) is 0 Å². The molecule has 0 spiro atoms. The zero-order valence-corrected chi connectivity index (χ0v) is 5.61. The molecule has 1 atom stereocenters. The lowest BCUT2D eigenvalue weighted by Gasteiger charge is -2.06. The minimum absolute atomic E-state index is 0.111. The van der Waals surface area contributed by atoms with Crippen LogP contribution in [0.4, 0.5) is 0 Å². The first-order valence-electron chi connectivity index (χ1n) is 3.29. The maximum atomic E-state index is 10.7. The summed E-state index contributed by atoms with van der Waals surface area (Å²) < 4.78 is 0. The van der Waals surface area contributed by atoms with Crippen molar-refractivity contribution >= 4 is 5.91 Å². The van der Waals surface area contributed by atoms with Crippen LogP contribution < -0.4 is 10.6 Å². The molecule has 9 heavy (non-hydrogen) atoms. The van der Waals surface area contributed by atoms with Crippen LogP contribution in [0.2, 0.25) is 0 Å². The molecule has 0 aromatic heterocycles. The van der Waals surface area contributed by atoms with E-state index < -0.39 is 0 Å². The summed E-state index contributed by atoms with van der Waals surface area (Å²) in [6, 6.07) is 0.340. The highest BCUT2D eigenvalue weighted by atomic mass is 16.2. The molecule has 3 nitrogen and oxygen atoms in total. The molecule has 52 valence electrons. The molecule has 2 N–H and O–H groups in total. The normalized spacial score (nSPS) is 29.0. The van der Waals surface area contributed by atoms with Crippen LogP contribution in [0.25, 0.3) is 0 Å². The number of hydrogen-bond acceptors (Lipinski definition) is 2. The summed E-state index contributed by atoms with van der Waals surface area (Å²) >= 11 is 0. The molecule has 0 radical (unpaired) electrons. The molecule has 3 heteroatoms. The molecule has 0 aliphatic carbocycles. The van der Waals surface area contributed by atoms with Gasteiger partial charge in [-0.2, -0.15) is 0 Å². The first-order valence-corrected chi connectivity index (χ1v) is 3.29. The van der Waals surface area contributed by atoms with Crippen LogP contribution in [-0.2, 0) is 4.79 Å². The second-order valence-electron chi connectivity index (χ2n) is 2.43. The number of amides is 1. The van der Waals surface area contributed by atoms with E-state index in [4.69, 9.17) is 0 Å². The van der Waals surface area contributed by atoms with Crippen LogP contribution in [-0.4, -0.2) is 25.0 Å². The van der Waals surface area contributed by atoms with Gasteiger partial charge in [-0.3, -0.25) is 4.79 Å². The molecule has 0 aromatic rings. The van der Waals surface area contributed by atoms with E-state index in [1.54, 1.807) is 0 Å². The molecule has 1 rings (SSSR count). The van der Waals surface area contributed by atoms with E-state index in [-0.39, 0.29) is 5.91 Å². The van der Waals surface area contributed by atoms with Crippen molar-refractivity contribution in [2.24, 2.45) is 0 Å². The Labute approximate surface area is 54.8 Å². The van der Waals surface area contributed by atoms with Crippen molar-refractivity contribution < 1.29 is 4.79 Å². The number of rotatable bonds is 0. The smallest absolute Gasteiger partial charge is 0.234 e. The summed E-state index contributed by atoms with van der Waals surface area (Å²) in [5.74, 6) is 0.111. The Morgan fingerprint density at radius 2 is 2.44 bits per heavy atom. The highest BCUT2D eigenvalue weighted by Gasteiger charge is 2.09. The quantitative estimate of drug-likeness (QED) is 0.461. The fourth-order valence-electron chi connectivity index (χ4n) is 0.919. The zero-order chi connectivity index (χ0) is 6.69. The van der Waals surface area contributed by atoms with E-state index in [9.17, 15) is 4.79 Å². The second kappa shape index (κ2) is 2.82. The van der Waals surface area contributed by atoms with Gasteiger partial charge in [0.15, 0.2) is 0 Å². The zero-order valence-electron chi connectivity index (χ0n) is 5.61. The molecule has 1 fully saturated rings. The molecule has 1 heterocycles. The van der Waals surface area contributed by atoms with Crippen LogP contribution in [0.1, 0.15) is 13.3 Å². The Bertz CT molecular complexity index is 114. The largest absolute Gasteiger partial charge is 0.352 e. The standard InChI is InChI=1S/C6H12N2O/c1-5-2-3-7-4-6(9)8-5/h5,7H,2-4H2,1H3,(H,8,9). The minimum atomic E-state index is 0.111. The topological polar surface area (TPSA) is 41.1 Å². The van der Waals surface area contributed by atoms with Crippen molar-refractivity contribution in [1.82, 2.24) is 10.6 Å². The Kier molecular flexibility index (Phi) is 2.05. The van der Waals surface area contributed by atoms with Crippen molar-refractivity contribution in [3.63, 3.8) is 0 Å². The molecule has 1 aliphatic rings. The summed E-state index contributed by atoms with van der Waals surface area (Å²) in [6.07, 6.45) is 1.03. The van der Waals surface area contributed by atoms with E-state index in [0.29, 0.717) is 12.6 Å². The molecule has 1 saturated heterocycles. The Morgan fingerprint density at radius 3 is 3.22 bits per heavy atom. The van der Waals surface area contributed by atoms with Gasteiger partial charge >= 0.3 is 0 Å². The average Bonchev–Trinajstić information content (AvgIpc) is 1.93. The third kappa shape index (κ3) is 2.01. The highest BCUT2D eigenvalue weighted by Crippen LogP contribution is 1.90. The van der Waals surface area contributed by atoms with Gasteiger partial charge in [-0.15, -0.1) is 0 Å². The molecular weight excluding hydrogens is 116 g/mol. The first-order chi connectivity index (χ1) is 4.29. The van der Waals surface area contributed by atoms with E-state index in [1.165, 1.54) is 0 Å². The fourth-order valence-corrected chi connectivity index (χ4v) is 0.919. The molecule has 0 saturated carbocycles. The van der Waals surface area contributed by atoms with E-state index in [1.807, 2.05) is 6.92 Å². The van der Waals surface area contributed by atoms with Crippen LogP contribution >= 0.6 is 0 Å². The predicted molar refractivity (Wildman–Crippen MR) is 35.1 cm³/mol. The van der Waals surface area contributed by atoms with Gasteiger partial charge in [-0.25, -0.2) is 0 Å². The molecule has 1 aliphatic heterocycles. The fraction of sp³-hybridized carbons (Fsp3) is 0.833. The summed E-state index contributed by atoms with van der Waals surface area (Å²) in [4.78, 5) is 10.7. The van der Waals surface area contributed by atoms with Gasteiger partial charge < -0.3 is 10.6 Å². The van der Waals surface area contributed by atoms with Crippen molar-refractivity contribution in [2.75, 3.05) is 13.1 Å². The predicted octanol–water partition coefficient (Wildman–Crippen LogP) is -0.516. The Hall–Kier alpha value is -0.570. The highest BCUT2D eigenvalue weighted by molar-refractivity contribution is 5.78. The van der Waals surface area contributed by atoms with Gasteiger partial charge in [0.25, 0.3) is 0 Å². The van der Waals surface area contributed by atoms with Crippen molar-refractivity contribution in [3.8, 4) is 0 Å². The summed E-state index contributed by atoms with van der Waals surface area (Å²) in [6.45, 7) is 3.44. The van der Waals surface area contributed by atoms with E-state index in [2.05, 4.69) is 10.6 Å². The number of nitrogens with one attached hydrogen (secondary N) is 2. The number of hydrogen-bond donors (Lipinski definition) is 2. The molecule has 1 unspecified atom stereocenters. The Balaban J connectivity index is 2.37. The van der Waals surface area contributed by atoms with Crippen molar-refractivity contribution in [2.45, 2.75) is 19.4 Å². The minimum Gasteiger partial charge on any atom is -0.352 e. The lowest BCUT2D eigenvalue weighted by atomic mass is 10.2. The maximum Gasteiger partial charge on any atom is 0.234 e. The Morgan fingerprint density at radius 1 is 1.67 bits per heavy atom. The van der Waals surface area contributed by atoms with Gasteiger partial charge in [0.1, 0.15) is 0 Å². The maximum absolute atomic E-state index is 10.7. The molecule has 1 amide bonds. The lowest BCUT2D eigenvalue weighted by Crippen LogP contribution is -2.33. The lowest BCUT2D eigenvalue weighted by molar-refractivity contribution is -0.120. The van der Waals surface area contributed by atoms with E-state index >= 15 is 0 Å². The van der Waals surface area contributed by atoms with Crippen LogP contribution in [0.5, 0.6) is 0 Å². The summed E-state index contributed by atoms with van der Waals surface area (Å²) in [7, 11) is 0. The monoisotopic (exact) mass is 128 g/mol. The second-order valence-corrected chi connectivity index (χ2v) is 2.43. The van der Waals surface area contributed by atoms with Gasteiger partial charge in [-0.05, 0) is 19.9 Å². The third-order valence-electron chi connectivity index (χ3n) is 1.45. The van der Waals surface area contributed by atoms with Crippen LogP contribution in [0.3, 0.4) is 0 Å². The van der Waals surface area contributed by atoms with Gasteiger partial charge in [0, 0.05) is 6.04 Å². The summed E-state index contributed by atoms with van der Waals surface area (Å²) in [5.41, 5.74) is 0. The van der Waals surface area contributed by atoms with Crippen molar-refractivity contribution in [1.29, 1.82) is 0 Å². The van der Waals surface area contributed by atoms with Crippen molar-refractivity contribution in [3.05, 3.63) is 0 Å². The molecular formula is C6H12N2O. The summed E-state index contributed by atoms with van der Waals surface area (Å²) in [5, 5.41) is 5.86. The SMILES string of the molecule is CC1CCNCC(=O)N1. The van der Waals surface area contributed by atoms with Crippen LogP contribution in [0.15, 0.2) is 0 Å². The van der Waals surface area contributed by atoms with Gasteiger partial charge in [0.05, 0.1) is 6.54 Å². The van der Waals surface area contributed by atoms with Crippen LogP contribution in [0, 0.1) is 0 Å². The van der Waals surface area contributed by atoms with E-state index in [0.717, 1.165) is 13.0 Å². The third-order valence-corrected chi connectivity index (χ3v) is 1.45. The number of carbonyl (C=O) groups excluding carboxylic acids is 1. The average molecular weight is 128 g/mol. The molecule has 0 aromatic carbocycles. The van der Waals surface area contributed by atoms with Gasteiger partial charge in [0.2, 0.25) is 5.91 Å². The molecule has 0 bridgehead atoms. The first kappa shape index (κ1) is 6.55. The number of carbonyl (C=O) groups is 1.